The van der Waals surface area contributed by atoms with Gasteiger partial charge in [-0.1, -0.05) is 24.1 Å². The van der Waals surface area contributed by atoms with Crippen molar-refractivity contribution >= 4 is 23.3 Å². The number of anilines is 1. The third-order valence-electron chi connectivity index (χ3n) is 5.31. The molecule has 0 aliphatic carbocycles. The largest absolute Gasteiger partial charge is 0.325 e. The van der Waals surface area contributed by atoms with Crippen LogP contribution in [0.3, 0.4) is 0 Å². The minimum Gasteiger partial charge on any atom is -0.325 e. The monoisotopic (exact) mass is 349 g/mol. The molecule has 2 fully saturated rings. The van der Waals surface area contributed by atoms with Crippen LogP contribution < -0.4 is 5.32 Å². The molecule has 2 aliphatic heterocycles. The van der Waals surface area contributed by atoms with Crippen LogP contribution in [0.4, 0.5) is 10.5 Å². The van der Waals surface area contributed by atoms with Gasteiger partial charge in [0, 0.05) is 30.3 Å². The molecule has 0 bridgehead atoms. The van der Waals surface area contributed by atoms with Crippen LogP contribution in [0.15, 0.2) is 18.2 Å². The number of urea groups is 1. The first-order valence-corrected chi connectivity index (χ1v) is 9.54. The van der Waals surface area contributed by atoms with Crippen molar-refractivity contribution in [2.24, 2.45) is 5.92 Å². The molecule has 0 aromatic heterocycles. The number of amides is 2. The molecule has 4 nitrogen and oxygen atoms in total. The van der Waals surface area contributed by atoms with Crippen molar-refractivity contribution in [1.29, 1.82) is 0 Å². The van der Waals surface area contributed by atoms with Crippen molar-refractivity contribution in [3.8, 4) is 0 Å². The number of nitrogens with one attached hydrogen (secondary N) is 1. The Balaban J connectivity index is 1.47. The van der Waals surface area contributed by atoms with E-state index in [1.807, 2.05) is 30.0 Å². The van der Waals surface area contributed by atoms with Crippen LogP contribution in [0.5, 0.6) is 0 Å². The van der Waals surface area contributed by atoms with Gasteiger partial charge >= 0.3 is 6.03 Å². The molecule has 0 atom stereocenters. The van der Waals surface area contributed by atoms with Gasteiger partial charge in [0.05, 0.1) is 0 Å². The summed E-state index contributed by atoms with van der Waals surface area (Å²) in [5.41, 5.74) is 1.84. The summed E-state index contributed by atoms with van der Waals surface area (Å²) in [7, 11) is 0. The fourth-order valence-electron chi connectivity index (χ4n) is 3.75. The predicted molar refractivity (Wildman–Crippen MR) is 99.8 cm³/mol. The van der Waals surface area contributed by atoms with Crippen molar-refractivity contribution in [2.45, 2.75) is 39.0 Å². The van der Waals surface area contributed by atoms with E-state index < -0.39 is 0 Å². The number of benzene rings is 1. The SMILES string of the molecule is Cc1ccc(Cl)cc1NC(=O)N1CCC(CN2CCCCC2)CC1. The zero-order valence-electron chi connectivity index (χ0n) is 14.6. The molecule has 1 aromatic carbocycles. The number of nitrogens with zero attached hydrogens (tertiary/aromatic N) is 2. The smallest absolute Gasteiger partial charge is 0.321 e. The van der Waals surface area contributed by atoms with E-state index in [1.54, 1.807) is 0 Å². The maximum Gasteiger partial charge on any atom is 0.321 e. The summed E-state index contributed by atoms with van der Waals surface area (Å²) in [5, 5.41) is 3.66. The molecule has 0 radical (unpaired) electrons. The number of carbonyl (C=O) groups is 1. The van der Waals surface area contributed by atoms with Gasteiger partial charge in [0.1, 0.15) is 0 Å². The molecular formula is C19H28ClN3O. The molecule has 0 saturated carbocycles. The van der Waals surface area contributed by atoms with Crippen molar-refractivity contribution in [1.82, 2.24) is 9.80 Å². The average molecular weight is 350 g/mol. The summed E-state index contributed by atoms with van der Waals surface area (Å²) in [6.45, 7) is 7.41. The standard InChI is InChI=1S/C19H28ClN3O/c1-15-5-6-17(20)13-18(15)21-19(24)23-11-7-16(8-12-23)14-22-9-3-2-4-10-22/h5-6,13,16H,2-4,7-12,14H2,1H3,(H,21,24). The van der Waals surface area contributed by atoms with Gasteiger partial charge in [-0.05, 0) is 69.3 Å². The fourth-order valence-corrected chi connectivity index (χ4v) is 3.92. The van der Waals surface area contributed by atoms with E-state index in [-0.39, 0.29) is 6.03 Å². The highest BCUT2D eigenvalue weighted by Gasteiger charge is 2.25. The minimum absolute atomic E-state index is 0.00297. The van der Waals surface area contributed by atoms with Crippen LogP contribution in [-0.4, -0.2) is 48.6 Å². The van der Waals surface area contributed by atoms with E-state index in [9.17, 15) is 4.79 Å². The molecule has 0 spiro atoms. The van der Waals surface area contributed by atoms with Gasteiger partial charge < -0.3 is 15.1 Å². The molecule has 24 heavy (non-hydrogen) atoms. The van der Waals surface area contributed by atoms with Crippen LogP contribution in [-0.2, 0) is 0 Å². The minimum atomic E-state index is -0.00297. The molecule has 1 aromatic rings. The molecular weight excluding hydrogens is 322 g/mol. The maximum atomic E-state index is 12.5. The first kappa shape index (κ1) is 17.6. The summed E-state index contributed by atoms with van der Waals surface area (Å²) in [6.07, 6.45) is 6.30. The Morgan fingerprint density at radius 2 is 1.88 bits per heavy atom. The topological polar surface area (TPSA) is 35.6 Å². The lowest BCUT2D eigenvalue weighted by Gasteiger charge is -2.36. The first-order chi connectivity index (χ1) is 11.6. The Kier molecular flexibility index (Phi) is 6.01. The zero-order chi connectivity index (χ0) is 16.9. The molecule has 3 rings (SSSR count). The van der Waals surface area contributed by atoms with Crippen molar-refractivity contribution in [3.05, 3.63) is 28.8 Å². The number of likely N-dealkylation sites (tertiary alicyclic amines) is 2. The van der Waals surface area contributed by atoms with Gasteiger partial charge in [-0.2, -0.15) is 0 Å². The van der Waals surface area contributed by atoms with Crippen LogP contribution >= 0.6 is 11.6 Å². The maximum absolute atomic E-state index is 12.5. The molecule has 5 heteroatoms. The molecule has 1 N–H and O–H groups in total. The second-order valence-corrected chi connectivity index (χ2v) is 7.62. The highest BCUT2D eigenvalue weighted by atomic mass is 35.5. The molecule has 2 amide bonds. The lowest BCUT2D eigenvalue weighted by atomic mass is 9.95. The number of hydrogen-bond donors (Lipinski definition) is 1. The number of hydrogen-bond acceptors (Lipinski definition) is 2. The lowest BCUT2D eigenvalue weighted by molar-refractivity contribution is 0.142. The van der Waals surface area contributed by atoms with Gasteiger partial charge in [0.25, 0.3) is 0 Å². The number of piperidine rings is 2. The highest BCUT2D eigenvalue weighted by Crippen LogP contribution is 2.23. The van der Waals surface area contributed by atoms with E-state index in [4.69, 9.17) is 11.6 Å². The van der Waals surface area contributed by atoms with Crippen LogP contribution in [0.2, 0.25) is 5.02 Å². The first-order valence-electron chi connectivity index (χ1n) is 9.16. The third kappa shape index (κ3) is 4.64. The van der Waals surface area contributed by atoms with Crippen molar-refractivity contribution in [3.63, 3.8) is 0 Å². The summed E-state index contributed by atoms with van der Waals surface area (Å²) < 4.78 is 0. The molecule has 132 valence electrons. The average Bonchev–Trinajstić information content (AvgIpc) is 2.60. The van der Waals surface area contributed by atoms with Crippen LogP contribution in [0.1, 0.15) is 37.7 Å². The van der Waals surface area contributed by atoms with Gasteiger partial charge in [-0.3, -0.25) is 0 Å². The van der Waals surface area contributed by atoms with E-state index in [0.29, 0.717) is 5.02 Å². The van der Waals surface area contributed by atoms with Crippen LogP contribution in [0, 0.1) is 12.8 Å². The van der Waals surface area contributed by atoms with E-state index >= 15 is 0 Å². The summed E-state index contributed by atoms with van der Waals surface area (Å²) in [4.78, 5) is 17.0. The molecule has 2 heterocycles. The fraction of sp³-hybridized carbons (Fsp3) is 0.632. The molecule has 2 aliphatic rings. The Bertz CT molecular complexity index is 564. The van der Waals surface area contributed by atoms with Crippen molar-refractivity contribution < 1.29 is 4.79 Å². The van der Waals surface area contributed by atoms with Crippen LogP contribution in [0.25, 0.3) is 0 Å². The Hall–Kier alpha value is -1.26. The van der Waals surface area contributed by atoms with Gasteiger partial charge in [0.2, 0.25) is 0 Å². The molecule has 2 saturated heterocycles. The molecule has 0 unspecified atom stereocenters. The third-order valence-corrected chi connectivity index (χ3v) is 5.54. The Morgan fingerprint density at radius 1 is 1.17 bits per heavy atom. The second-order valence-electron chi connectivity index (χ2n) is 7.18. The zero-order valence-corrected chi connectivity index (χ0v) is 15.3. The highest BCUT2D eigenvalue weighted by molar-refractivity contribution is 6.31. The summed E-state index contributed by atoms with van der Waals surface area (Å²) >= 11 is 6.03. The lowest BCUT2D eigenvalue weighted by Crippen LogP contribution is -2.44. The second kappa shape index (κ2) is 8.21. The normalized spacial score (nSPS) is 20.2. The van der Waals surface area contributed by atoms with Crippen molar-refractivity contribution in [2.75, 3.05) is 38.0 Å². The predicted octanol–water partition coefficient (Wildman–Crippen LogP) is 4.38. The summed E-state index contributed by atoms with van der Waals surface area (Å²) in [5.74, 6) is 0.736. The quantitative estimate of drug-likeness (QED) is 0.879. The number of rotatable bonds is 3. The Morgan fingerprint density at radius 3 is 2.58 bits per heavy atom. The number of aryl methyl sites for hydroxylation is 1. The van der Waals surface area contributed by atoms with Gasteiger partial charge in [0.15, 0.2) is 0 Å². The summed E-state index contributed by atoms with van der Waals surface area (Å²) in [6, 6.07) is 5.59. The number of halogens is 1. The Labute approximate surface area is 150 Å². The van der Waals surface area contributed by atoms with Gasteiger partial charge in [-0.25, -0.2) is 4.79 Å². The van der Waals surface area contributed by atoms with E-state index in [1.165, 1.54) is 38.9 Å². The van der Waals surface area contributed by atoms with E-state index in [2.05, 4.69) is 10.2 Å². The van der Waals surface area contributed by atoms with E-state index in [0.717, 1.165) is 43.1 Å². The number of carbonyl (C=O) groups excluding carboxylic acids is 1. The van der Waals surface area contributed by atoms with Gasteiger partial charge in [-0.15, -0.1) is 0 Å².